The highest BCUT2D eigenvalue weighted by Gasteiger charge is 2.19. The van der Waals surface area contributed by atoms with E-state index in [-0.39, 0.29) is 5.78 Å². The molecular formula is C15H16O3. The fraction of sp³-hybridized carbons (Fsp3) is 0.267. The molecule has 2 aromatic rings. The molecule has 0 radical (unpaired) electrons. The van der Waals surface area contributed by atoms with Crippen LogP contribution in [0.2, 0.25) is 0 Å². The Hall–Kier alpha value is -2.03. The average molecular weight is 244 g/mol. The highest BCUT2D eigenvalue weighted by Crippen LogP contribution is 2.29. The summed E-state index contributed by atoms with van der Waals surface area (Å²) in [5, 5.41) is 0. The standard InChI is InChI=1S/C15H16O3/c1-9-8-13(17-4)10(2)11(3)14(9)15(16)12-6-5-7-18-12/h5-8H,1-4H3. The summed E-state index contributed by atoms with van der Waals surface area (Å²) in [4.78, 5) is 12.4. The summed E-state index contributed by atoms with van der Waals surface area (Å²) in [7, 11) is 1.63. The van der Waals surface area contributed by atoms with Crippen molar-refractivity contribution in [2.45, 2.75) is 20.8 Å². The Morgan fingerprint density at radius 3 is 2.50 bits per heavy atom. The van der Waals surface area contributed by atoms with Crippen molar-refractivity contribution in [1.29, 1.82) is 0 Å². The van der Waals surface area contributed by atoms with Gasteiger partial charge in [0.25, 0.3) is 0 Å². The Morgan fingerprint density at radius 2 is 1.94 bits per heavy atom. The van der Waals surface area contributed by atoms with Crippen molar-refractivity contribution in [3.63, 3.8) is 0 Å². The number of hydrogen-bond donors (Lipinski definition) is 0. The van der Waals surface area contributed by atoms with Gasteiger partial charge in [-0.2, -0.15) is 0 Å². The highest BCUT2D eigenvalue weighted by atomic mass is 16.5. The van der Waals surface area contributed by atoms with Crippen LogP contribution in [0.4, 0.5) is 0 Å². The van der Waals surface area contributed by atoms with Gasteiger partial charge < -0.3 is 9.15 Å². The predicted molar refractivity (Wildman–Crippen MR) is 69.3 cm³/mol. The Morgan fingerprint density at radius 1 is 1.22 bits per heavy atom. The van der Waals surface area contributed by atoms with Crippen LogP contribution in [-0.2, 0) is 0 Å². The van der Waals surface area contributed by atoms with Gasteiger partial charge in [0.1, 0.15) is 5.75 Å². The maximum Gasteiger partial charge on any atom is 0.228 e. The van der Waals surface area contributed by atoms with Crippen molar-refractivity contribution < 1.29 is 13.9 Å². The number of ketones is 1. The largest absolute Gasteiger partial charge is 0.496 e. The average Bonchev–Trinajstić information content (AvgIpc) is 2.87. The summed E-state index contributed by atoms with van der Waals surface area (Å²) in [6.45, 7) is 5.79. The van der Waals surface area contributed by atoms with E-state index in [1.165, 1.54) is 6.26 Å². The number of rotatable bonds is 3. The van der Waals surface area contributed by atoms with Gasteiger partial charge in [0.05, 0.1) is 13.4 Å². The summed E-state index contributed by atoms with van der Waals surface area (Å²) in [6, 6.07) is 5.29. The molecule has 94 valence electrons. The number of methoxy groups -OCH3 is 1. The van der Waals surface area contributed by atoms with Crippen molar-refractivity contribution in [3.05, 3.63) is 52.5 Å². The lowest BCUT2D eigenvalue weighted by Crippen LogP contribution is -2.07. The SMILES string of the molecule is COc1cc(C)c(C(=O)c2ccco2)c(C)c1C. The van der Waals surface area contributed by atoms with Crippen LogP contribution in [0.3, 0.4) is 0 Å². The molecule has 18 heavy (non-hydrogen) atoms. The fourth-order valence-corrected chi connectivity index (χ4v) is 2.14. The van der Waals surface area contributed by atoms with Crippen LogP contribution < -0.4 is 4.74 Å². The summed E-state index contributed by atoms with van der Waals surface area (Å²) in [6.07, 6.45) is 1.51. The van der Waals surface area contributed by atoms with E-state index in [1.807, 2.05) is 26.8 Å². The molecule has 2 rings (SSSR count). The lowest BCUT2D eigenvalue weighted by atomic mass is 9.93. The maximum absolute atomic E-state index is 12.4. The third-order valence-corrected chi connectivity index (χ3v) is 3.24. The third-order valence-electron chi connectivity index (χ3n) is 3.24. The van der Waals surface area contributed by atoms with Crippen molar-refractivity contribution in [2.24, 2.45) is 0 Å². The molecule has 0 amide bonds. The molecule has 0 bridgehead atoms. The second-order valence-electron chi connectivity index (χ2n) is 4.33. The summed E-state index contributed by atoms with van der Waals surface area (Å²) < 4.78 is 10.5. The minimum absolute atomic E-state index is 0.0826. The van der Waals surface area contributed by atoms with E-state index in [9.17, 15) is 4.79 Å². The van der Waals surface area contributed by atoms with E-state index >= 15 is 0 Å². The van der Waals surface area contributed by atoms with Gasteiger partial charge in [-0.25, -0.2) is 0 Å². The predicted octanol–water partition coefficient (Wildman–Crippen LogP) is 3.44. The Balaban J connectivity index is 2.59. The molecule has 0 aliphatic heterocycles. The van der Waals surface area contributed by atoms with Crippen LogP contribution in [0.25, 0.3) is 0 Å². The summed E-state index contributed by atoms with van der Waals surface area (Å²) >= 11 is 0. The second kappa shape index (κ2) is 4.69. The Labute approximate surface area is 106 Å². The number of benzene rings is 1. The number of furan rings is 1. The second-order valence-corrected chi connectivity index (χ2v) is 4.33. The van der Waals surface area contributed by atoms with Crippen LogP contribution in [0.5, 0.6) is 5.75 Å². The van der Waals surface area contributed by atoms with Gasteiger partial charge >= 0.3 is 0 Å². The smallest absolute Gasteiger partial charge is 0.228 e. The first-order chi connectivity index (χ1) is 8.56. The zero-order valence-electron chi connectivity index (χ0n) is 11.0. The molecular weight excluding hydrogens is 228 g/mol. The van der Waals surface area contributed by atoms with Crippen molar-refractivity contribution in [1.82, 2.24) is 0 Å². The first-order valence-electron chi connectivity index (χ1n) is 5.79. The monoisotopic (exact) mass is 244 g/mol. The molecule has 1 aromatic heterocycles. The van der Waals surface area contributed by atoms with Crippen LogP contribution in [0.15, 0.2) is 28.9 Å². The van der Waals surface area contributed by atoms with Gasteiger partial charge in [-0.1, -0.05) is 0 Å². The summed E-state index contributed by atoms with van der Waals surface area (Å²) in [5.74, 6) is 1.09. The van der Waals surface area contributed by atoms with Crippen molar-refractivity contribution in [3.8, 4) is 5.75 Å². The van der Waals surface area contributed by atoms with Gasteiger partial charge in [-0.3, -0.25) is 4.79 Å². The fourth-order valence-electron chi connectivity index (χ4n) is 2.14. The molecule has 0 atom stereocenters. The highest BCUT2D eigenvalue weighted by molar-refractivity contribution is 6.09. The minimum atomic E-state index is -0.0826. The number of hydrogen-bond acceptors (Lipinski definition) is 3. The topological polar surface area (TPSA) is 39.4 Å². The molecule has 0 aliphatic rings. The molecule has 1 heterocycles. The molecule has 3 heteroatoms. The Bertz CT molecular complexity index is 580. The lowest BCUT2D eigenvalue weighted by molar-refractivity contribution is 0.101. The maximum atomic E-state index is 12.4. The van der Waals surface area contributed by atoms with Crippen molar-refractivity contribution >= 4 is 5.78 Å². The van der Waals surface area contributed by atoms with E-state index in [0.717, 1.165) is 22.4 Å². The quantitative estimate of drug-likeness (QED) is 0.776. The van der Waals surface area contributed by atoms with E-state index in [2.05, 4.69) is 0 Å². The lowest BCUT2D eigenvalue weighted by Gasteiger charge is -2.14. The number of aryl methyl sites for hydroxylation is 1. The molecule has 0 aliphatic carbocycles. The molecule has 0 saturated carbocycles. The van der Waals surface area contributed by atoms with Crippen LogP contribution >= 0.6 is 0 Å². The molecule has 3 nitrogen and oxygen atoms in total. The van der Waals surface area contributed by atoms with Crippen molar-refractivity contribution in [2.75, 3.05) is 7.11 Å². The van der Waals surface area contributed by atoms with Gasteiger partial charge in [-0.05, 0) is 55.7 Å². The van der Waals surface area contributed by atoms with Gasteiger partial charge in [0, 0.05) is 5.56 Å². The minimum Gasteiger partial charge on any atom is -0.496 e. The van der Waals surface area contributed by atoms with E-state index < -0.39 is 0 Å². The van der Waals surface area contributed by atoms with E-state index in [4.69, 9.17) is 9.15 Å². The zero-order chi connectivity index (χ0) is 13.3. The molecule has 0 N–H and O–H groups in total. The van der Waals surface area contributed by atoms with Crippen LogP contribution in [0.1, 0.15) is 32.8 Å². The van der Waals surface area contributed by atoms with Gasteiger partial charge in [0.15, 0.2) is 5.76 Å². The number of ether oxygens (including phenoxy) is 1. The van der Waals surface area contributed by atoms with E-state index in [0.29, 0.717) is 11.3 Å². The normalized spacial score (nSPS) is 10.4. The number of carbonyl (C=O) groups excluding carboxylic acids is 1. The molecule has 0 fully saturated rings. The third kappa shape index (κ3) is 1.92. The van der Waals surface area contributed by atoms with E-state index in [1.54, 1.807) is 19.2 Å². The molecule has 0 spiro atoms. The first-order valence-corrected chi connectivity index (χ1v) is 5.79. The zero-order valence-corrected chi connectivity index (χ0v) is 11.0. The first kappa shape index (κ1) is 12.4. The molecule has 0 unspecified atom stereocenters. The molecule has 0 saturated heterocycles. The number of carbonyl (C=O) groups is 1. The molecule has 1 aromatic carbocycles. The summed E-state index contributed by atoms with van der Waals surface area (Å²) in [5.41, 5.74) is 3.52. The van der Waals surface area contributed by atoms with Gasteiger partial charge in [0.2, 0.25) is 5.78 Å². The van der Waals surface area contributed by atoms with Gasteiger partial charge in [-0.15, -0.1) is 0 Å². The van der Waals surface area contributed by atoms with Crippen LogP contribution in [-0.4, -0.2) is 12.9 Å². The Kier molecular flexibility index (Phi) is 3.24. The van der Waals surface area contributed by atoms with Crippen LogP contribution in [0, 0.1) is 20.8 Å².